The third-order valence-electron chi connectivity index (χ3n) is 3.53. The molecule has 22 heavy (non-hydrogen) atoms. The second-order valence-electron chi connectivity index (χ2n) is 5.05. The normalized spacial score (nSPS) is 10.5. The van der Waals surface area contributed by atoms with Crippen molar-refractivity contribution in [2.45, 2.75) is 26.8 Å². The molecule has 0 atom stereocenters. The van der Waals surface area contributed by atoms with Crippen molar-refractivity contribution in [2.75, 3.05) is 10.1 Å². The predicted molar refractivity (Wildman–Crippen MR) is 96.5 cm³/mol. The van der Waals surface area contributed by atoms with Crippen LogP contribution in [0.3, 0.4) is 0 Å². The first kappa shape index (κ1) is 16.6. The van der Waals surface area contributed by atoms with Gasteiger partial charge in [-0.3, -0.25) is 0 Å². The molecule has 0 heterocycles. The van der Waals surface area contributed by atoms with Gasteiger partial charge in [0.1, 0.15) is 5.82 Å². The summed E-state index contributed by atoms with van der Waals surface area (Å²) in [4.78, 5) is 0. The molecular formula is C19H22FNS. The van der Waals surface area contributed by atoms with E-state index in [9.17, 15) is 4.39 Å². The second-order valence-corrected chi connectivity index (χ2v) is 6.33. The van der Waals surface area contributed by atoms with E-state index in [2.05, 4.69) is 17.8 Å². The largest absolute Gasteiger partial charge is 0.312 e. The van der Waals surface area contributed by atoms with Crippen LogP contribution < -0.4 is 4.31 Å². The lowest BCUT2D eigenvalue weighted by molar-refractivity contribution is 0.610. The summed E-state index contributed by atoms with van der Waals surface area (Å²) in [5.74, 6) is 0.783. The maximum Gasteiger partial charge on any atom is 0.128 e. The summed E-state index contributed by atoms with van der Waals surface area (Å²) in [6.45, 7) is 8.65. The van der Waals surface area contributed by atoms with Gasteiger partial charge >= 0.3 is 0 Å². The summed E-state index contributed by atoms with van der Waals surface area (Å²) in [5.41, 5.74) is 3.65. The summed E-state index contributed by atoms with van der Waals surface area (Å²) < 4.78 is 16.5. The van der Waals surface area contributed by atoms with Gasteiger partial charge in [0.2, 0.25) is 0 Å². The molecule has 0 radical (unpaired) electrons. The van der Waals surface area contributed by atoms with Crippen molar-refractivity contribution in [1.29, 1.82) is 0 Å². The van der Waals surface area contributed by atoms with Gasteiger partial charge in [0, 0.05) is 17.0 Å². The smallest absolute Gasteiger partial charge is 0.128 e. The molecule has 0 aliphatic heterocycles. The summed E-state index contributed by atoms with van der Waals surface area (Å²) in [6, 6.07) is 15.5. The molecule has 2 aromatic rings. The molecule has 0 aromatic heterocycles. The molecule has 3 heteroatoms. The summed E-state index contributed by atoms with van der Waals surface area (Å²) in [7, 11) is 0. The lowest BCUT2D eigenvalue weighted by atomic mass is 10.0. The number of anilines is 1. The SMILES string of the molecule is C=C(CC)c1ccc(CN(SCC)c2ccccc2)c(F)c1. The topological polar surface area (TPSA) is 3.24 Å². The standard InChI is InChI=1S/C19H22FNS/c1-4-15(3)16-11-12-17(19(20)13-16)14-21(22-5-2)18-9-7-6-8-10-18/h6-13H,3-5,14H2,1-2H3. The van der Waals surface area contributed by atoms with E-state index in [-0.39, 0.29) is 5.82 Å². The lowest BCUT2D eigenvalue weighted by Crippen LogP contribution is -2.15. The van der Waals surface area contributed by atoms with Crippen LogP contribution in [0.2, 0.25) is 0 Å². The number of hydrogen-bond donors (Lipinski definition) is 0. The van der Waals surface area contributed by atoms with Crippen LogP contribution in [-0.4, -0.2) is 5.75 Å². The monoisotopic (exact) mass is 315 g/mol. The van der Waals surface area contributed by atoms with Gasteiger partial charge in [-0.25, -0.2) is 4.39 Å². The summed E-state index contributed by atoms with van der Waals surface area (Å²) in [6.07, 6.45) is 0.834. The zero-order valence-electron chi connectivity index (χ0n) is 13.2. The Balaban J connectivity index is 2.22. The minimum absolute atomic E-state index is 0.162. The van der Waals surface area contributed by atoms with Crippen LogP contribution >= 0.6 is 11.9 Å². The maximum atomic E-state index is 14.4. The Hall–Kier alpha value is -1.74. The molecular weight excluding hydrogens is 293 g/mol. The van der Waals surface area contributed by atoms with Gasteiger partial charge in [-0.15, -0.1) is 0 Å². The van der Waals surface area contributed by atoms with Gasteiger partial charge < -0.3 is 4.31 Å². The van der Waals surface area contributed by atoms with Crippen LogP contribution in [0.25, 0.3) is 5.57 Å². The quantitative estimate of drug-likeness (QED) is 0.583. The number of rotatable bonds is 7. The van der Waals surface area contributed by atoms with Crippen molar-refractivity contribution in [2.24, 2.45) is 0 Å². The minimum Gasteiger partial charge on any atom is -0.312 e. The molecule has 0 fully saturated rings. The highest BCUT2D eigenvalue weighted by Crippen LogP contribution is 2.26. The van der Waals surface area contributed by atoms with Crippen LogP contribution in [0.1, 0.15) is 31.4 Å². The van der Waals surface area contributed by atoms with E-state index in [4.69, 9.17) is 0 Å². The molecule has 0 amide bonds. The predicted octanol–water partition coefficient (Wildman–Crippen LogP) is 5.92. The van der Waals surface area contributed by atoms with Crippen molar-refractivity contribution in [1.82, 2.24) is 0 Å². The first-order chi connectivity index (χ1) is 10.7. The first-order valence-corrected chi connectivity index (χ1v) is 8.52. The Morgan fingerprint density at radius 1 is 1.14 bits per heavy atom. The third-order valence-corrected chi connectivity index (χ3v) is 4.44. The molecule has 0 aliphatic rings. The van der Waals surface area contributed by atoms with E-state index in [0.717, 1.165) is 29.0 Å². The van der Waals surface area contributed by atoms with Gasteiger partial charge in [-0.05, 0) is 47.7 Å². The molecule has 0 saturated carbocycles. The van der Waals surface area contributed by atoms with E-state index in [1.807, 2.05) is 49.4 Å². The van der Waals surface area contributed by atoms with Crippen molar-refractivity contribution in [3.05, 3.63) is 72.1 Å². The van der Waals surface area contributed by atoms with Gasteiger partial charge in [-0.1, -0.05) is 50.8 Å². The van der Waals surface area contributed by atoms with Crippen LogP contribution in [0.4, 0.5) is 10.1 Å². The van der Waals surface area contributed by atoms with Crippen LogP contribution in [0, 0.1) is 5.82 Å². The highest BCUT2D eigenvalue weighted by Gasteiger charge is 2.11. The third kappa shape index (κ3) is 4.14. The summed E-state index contributed by atoms with van der Waals surface area (Å²) >= 11 is 1.70. The molecule has 0 aliphatic carbocycles. The average Bonchev–Trinajstić information content (AvgIpc) is 2.56. The Labute approximate surface area is 137 Å². The van der Waals surface area contributed by atoms with Gasteiger partial charge in [0.25, 0.3) is 0 Å². The molecule has 0 spiro atoms. The molecule has 0 bridgehead atoms. The molecule has 0 unspecified atom stereocenters. The zero-order chi connectivity index (χ0) is 15.9. The van der Waals surface area contributed by atoms with Crippen molar-refractivity contribution in [3.8, 4) is 0 Å². The Bertz CT molecular complexity index is 625. The molecule has 116 valence electrons. The van der Waals surface area contributed by atoms with Crippen LogP contribution in [0.15, 0.2) is 55.1 Å². The fourth-order valence-electron chi connectivity index (χ4n) is 2.22. The van der Waals surface area contributed by atoms with Crippen molar-refractivity contribution >= 4 is 23.2 Å². The van der Waals surface area contributed by atoms with E-state index >= 15 is 0 Å². The van der Waals surface area contributed by atoms with Crippen LogP contribution in [-0.2, 0) is 6.54 Å². The number of benzene rings is 2. The van der Waals surface area contributed by atoms with E-state index in [1.165, 1.54) is 0 Å². The van der Waals surface area contributed by atoms with Gasteiger partial charge in [-0.2, -0.15) is 0 Å². The van der Waals surface area contributed by atoms with E-state index in [0.29, 0.717) is 12.1 Å². The Morgan fingerprint density at radius 2 is 1.86 bits per heavy atom. The second kappa shape index (κ2) is 8.04. The van der Waals surface area contributed by atoms with E-state index < -0.39 is 0 Å². The maximum absolute atomic E-state index is 14.4. The molecule has 2 rings (SSSR count). The molecule has 0 saturated heterocycles. The summed E-state index contributed by atoms with van der Waals surface area (Å²) in [5, 5.41) is 0. The fourth-order valence-corrected chi connectivity index (χ4v) is 3.03. The molecule has 2 aromatic carbocycles. The highest BCUT2D eigenvalue weighted by molar-refractivity contribution is 8.00. The van der Waals surface area contributed by atoms with Gasteiger partial charge in [0.05, 0.1) is 6.54 Å². The molecule has 0 N–H and O–H groups in total. The average molecular weight is 315 g/mol. The first-order valence-electron chi connectivity index (χ1n) is 7.57. The van der Waals surface area contributed by atoms with Gasteiger partial charge in [0.15, 0.2) is 0 Å². The number of allylic oxidation sites excluding steroid dienone is 1. The Kier molecular flexibility index (Phi) is 6.08. The fraction of sp³-hybridized carbons (Fsp3) is 0.263. The molecule has 1 nitrogen and oxygen atoms in total. The van der Waals surface area contributed by atoms with Crippen molar-refractivity contribution < 1.29 is 4.39 Å². The number of nitrogens with zero attached hydrogens (tertiary/aromatic N) is 1. The zero-order valence-corrected chi connectivity index (χ0v) is 14.0. The highest BCUT2D eigenvalue weighted by atomic mass is 32.2. The minimum atomic E-state index is -0.162. The number of hydrogen-bond acceptors (Lipinski definition) is 2. The lowest BCUT2D eigenvalue weighted by Gasteiger charge is -2.23. The van der Waals surface area contributed by atoms with Crippen LogP contribution in [0.5, 0.6) is 0 Å². The number of para-hydroxylation sites is 1. The Morgan fingerprint density at radius 3 is 2.45 bits per heavy atom. The number of halogens is 1. The van der Waals surface area contributed by atoms with Crippen molar-refractivity contribution in [3.63, 3.8) is 0 Å². The van der Waals surface area contributed by atoms with E-state index in [1.54, 1.807) is 18.0 Å².